The van der Waals surface area contributed by atoms with Crippen LogP contribution in [0.3, 0.4) is 0 Å². The second-order valence-corrected chi connectivity index (χ2v) is 3.99. The largest absolute Gasteiger partial charge is 0.465 e. The Hall–Kier alpha value is -2.58. The number of nitrogens with zero attached hydrogens (tertiary/aromatic N) is 1. The number of aromatic nitrogens is 1. The molecule has 22 heavy (non-hydrogen) atoms. The molecular formula is C13H5F6NO2. The molecule has 0 saturated heterocycles. The van der Waals surface area contributed by atoms with Crippen LogP contribution in [0, 0.1) is 34.9 Å². The van der Waals surface area contributed by atoms with Crippen molar-refractivity contribution >= 4 is 5.97 Å². The van der Waals surface area contributed by atoms with Crippen molar-refractivity contribution in [1.82, 2.24) is 4.98 Å². The summed E-state index contributed by atoms with van der Waals surface area (Å²) in [5.41, 5.74) is -3.04. The van der Waals surface area contributed by atoms with Gasteiger partial charge in [-0.2, -0.15) is 0 Å². The second kappa shape index (κ2) is 5.66. The molecule has 0 fully saturated rings. The molecule has 0 saturated carbocycles. The number of rotatable bonds is 2. The second-order valence-electron chi connectivity index (χ2n) is 3.99. The third kappa shape index (κ3) is 2.38. The summed E-state index contributed by atoms with van der Waals surface area (Å²) in [6, 6.07) is 0.506. The topological polar surface area (TPSA) is 39.2 Å². The lowest BCUT2D eigenvalue weighted by Crippen LogP contribution is -2.08. The van der Waals surface area contributed by atoms with Crippen LogP contribution in [-0.2, 0) is 4.74 Å². The molecule has 1 aromatic carbocycles. The van der Waals surface area contributed by atoms with Gasteiger partial charge in [0.25, 0.3) is 0 Å². The summed E-state index contributed by atoms with van der Waals surface area (Å²) in [5, 5.41) is 0. The monoisotopic (exact) mass is 321 g/mol. The number of methoxy groups -OCH3 is 1. The molecule has 0 amide bonds. The van der Waals surface area contributed by atoms with Gasteiger partial charge in [-0.3, -0.25) is 4.98 Å². The first-order valence-electron chi connectivity index (χ1n) is 5.55. The maximum Gasteiger partial charge on any atom is 0.339 e. The first kappa shape index (κ1) is 15.8. The standard InChI is InChI=1S/C13H5F6NO2/c1-22-13(21)4-2-5(14)12(20-3-4)6-7(15)9(17)11(19)10(18)8(6)16/h2-3H,1H3. The average molecular weight is 321 g/mol. The van der Waals surface area contributed by atoms with E-state index in [0.717, 1.165) is 7.11 Å². The van der Waals surface area contributed by atoms with Gasteiger partial charge >= 0.3 is 5.97 Å². The third-order valence-electron chi connectivity index (χ3n) is 2.71. The van der Waals surface area contributed by atoms with E-state index in [1.807, 2.05) is 0 Å². The molecule has 0 aliphatic rings. The third-order valence-corrected chi connectivity index (χ3v) is 2.71. The van der Waals surface area contributed by atoms with Crippen LogP contribution in [0.5, 0.6) is 0 Å². The minimum absolute atomic E-state index is 0.396. The van der Waals surface area contributed by atoms with Gasteiger partial charge in [-0.15, -0.1) is 0 Å². The zero-order valence-electron chi connectivity index (χ0n) is 10.7. The predicted octanol–water partition coefficient (Wildman–Crippen LogP) is 3.37. The van der Waals surface area contributed by atoms with Crippen molar-refractivity contribution in [2.75, 3.05) is 7.11 Å². The van der Waals surface area contributed by atoms with Gasteiger partial charge in [0.2, 0.25) is 5.82 Å². The highest BCUT2D eigenvalue weighted by Gasteiger charge is 2.29. The van der Waals surface area contributed by atoms with Crippen LogP contribution >= 0.6 is 0 Å². The van der Waals surface area contributed by atoms with Crippen molar-refractivity contribution in [2.24, 2.45) is 0 Å². The molecule has 0 bridgehead atoms. The molecule has 0 aliphatic carbocycles. The number of carbonyl (C=O) groups is 1. The van der Waals surface area contributed by atoms with Crippen LogP contribution in [-0.4, -0.2) is 18.1 Å². The molecular weight excluding hydrogens is 316 g/mol. The number of carbonyl (C=O) groups excluding carboxylic acids is 1. The Kier molecular flexibility index (Phi) is 4.07. The van der Waals surface area contributed by atoms with E-state index in [2.05, 4.69) is 9.72 Å². The molecule has 1 heterocycles. The summed E-state index contributed by atoms with van der Waals surface area (Å²) < 4.78 is 84.4. The Morgan fingerprint density at radius 1 is 0.955 bits per heavy atom. The Bertz CT molecular complexity index is 749. The highest BCUT2D eigenvalue weighted by Crippen LogP contribution is 2.31. The fraction of sp³-hybridized carbons (Fsp3) is 0.0769. The number of halogens is 6. The van der Waals surface area contributed by atoms with E-state index in [4.69, 9.17) is 0 Å². The SMILES string of the molecule is COC(=O)c1cnc(-c2c(F)c(F)c(F)c(F)c2F)c(F)c1. The minimum Gasteiger partial charge on any atom is -0.465 e. The van der Waals surface area contributed by atoms with Gasteiger partial charge in [0.15, 0.2) is 29.1 Å². The van der Waals surface area contributed by atoms with Gasteiger partial charge in [0, 0.05) is 6.20 Å². The average Bonchev–Trinajstić information content (AvgIpc) is 2.51. The molecule has 0 aliphatic heterocycles. The fourth-order valence-corrected chi connectivity index (χ4v) is 1.66. The predicted molar refractivity (Wildman–Crippen MR) is 60.8 cm³/mol. The summed E-state index contributed by atoms with van der Waals surface area (Å²) in [5.74, 6) is -13.7. The lowest BCUT2D eigenvalue weighted by molar-refractivity contribution is 0.0599. The summed E-state index contributed by atoms with van der Waals surface area (Å²) in [7, 11) is 0.998. The van der Waals surface area contributed by atoms with Crippen molar-refractivity contribution in [3.63, 3.8) is 0 Å². The summed E-state index contributed by atoms with van der Waals surface area (Å²) in [6.07, 6.45) is 0.683. The van der Waals surface area contributed by atoms with Gasteiger partial charge in [-0.25, -0.2) is 31.1 Å². The molecule has 0 spiro atoms. The van der Waals surface area contributed by atoms with E-state index in [-0.39, 0.29) is 0 Å². The van der Waals surface area contributed by atoms with Crippen molar-refractivity contribution in [3.8, 4) is 11.3 Å². The molecule has 0 radical (unpaired) electrons. The summed E-state index contributed by atoms with van der Waals surface area (Å²) >= 11 is 0. The molecule has 2 rings (SSSR count). The minimum atomic E-state index is -2.37. The van der Waals surface area contributed by atoms with Crippen molar-refractivity contribution in [1.29, 1.82) is 0 Å². The van der Waals surface area contributed by atoms with Crippen LogP contribution in [0.15, 0.2) is 12.3 Å². The number of ether oxygens (including phenoxy) is 1. The van der Waals surface area contributed by atoms with E-state index >= 15 is 0 Å². The molecule has 9 heteroatoms. The van der Waals surface area contributed by atoms with Crippen LogP contribution in [0.2, 0.25) is 0 Å². The maximum absolute atomic E-state index is 13.8. The Labute approximate surface area is 119 Å². The number of hydrogen-bond acceptors (Lipinski definition) is 3. The molecule has 0 N–H and O–H groups in total. The van der Waals surface area contributed by atoms with Gasteiger partial charge < -0.3 is 4.74 Å². The number of pyridine rings is 1. The van der Waals surface area contributed by atoms with Gasteiger partial charge in [-0.05, 0) is 6.07 Å². The number of esters is 1. The van der Waals surface area contributed by atoms with Gasteiger partial charge in [0.1, 0.15) is 5.69 Å². The first-order valence-corrected chi connectivity index (χ1v) is 5.55. The zero-order valence-corrected chi connectivity index (χ0v) is 10.7. The summed E-state index contributed by atoms with van der Waals surface area (Å²) in [6.45, 7) is 0. The van der Waals surface area contributed by atoms with E-state index in [1.54, 1.807) is 0 Å². The highest BCUT2D eigenvalue weighted by molar-refractivity contribution is 5.89. The first-order chi connectivity index (χ1) is 10.3. The Morgan fingerprint density at radius 2 is 1.45 bits per heavy atom. The maximum atomic E-state index is 13.8. The van der Waals surface area contributed by atoms with Crippen LogP contribution in [0.25, 0.3) is 11.3 Å². The molecule has 0 unspecified atom stereocenters. The lowest BCUT2D eigenvalue weighted by atomic mass is 10.1. The van der Waals surface area contributed by atoms with Crippen molar-refractivity contribution in [2.45, 2.75) is 0 Å². The highest BCUT2D eigenvalue weighted by atomic mass is 19.2. The normalized spacial score (nSPS) is 10.7. The molecule has 2 aromatic rings. The van der Waals surface area contributed by atoms with Crippen molar-refractivity contribution in [3.05, 3.63) is 52.7 Å². The quantitative estimate of drug-likeness (QED) is 0.368. The van der Waals surface area contributed by atoms with Gasteiger partial charge in [-0.1, -0.05) is 0 Å². The van der Waals surface area contributed by atoms with E-state index < -0.39 is 57.7 Å². The molecule has 1 aromatic heterocycles. The van der Waals surface area contributed by atoms with E-state index in [9.17, 15) is 31.1 Å². The molecule has 3 nitrogen and oxygen atoms in total. The lowest BCUT2D eigenvalue weighted by Gasteiger charge is -2.09. The fourth-order valence-electron chi connectivity index (χ4n) is 1.66. The van der Waals surface area contributed by atoms with E-state index in [0.29, 0.717) is 12.3 Å². The van der Waals surface area contributed by atoms with Crippen molar-refractivity contribution < 1.29 is 35.9 Å². The van der Waals surface area contributed by atoms with Crippen LogP contribution in [0.4, 0.5) is 26.3 Å². The number of benzene rings is 1. The molecule has 116 valence electrons. The van der Waals surface area contributed by atoms with Gasteiger partial charge in [0.05, 0.1) is 18.2 Å². The zero-order chi connectivity index (χ0) is 16.6. The Morgan fingerprint density at radius 3 is 1.91 bits per heavy atom. The van der Waals surface area contributed by atoms with Crippen LogP contribution < -0.4 is 0 Å². The van der Waals surface area contributed by atoms with E-state index in [1.165, 1.54) is 0 Å². The van der Waals surface area contributed by atoms with Crippen LogP contribution in [0.1, 0.15) is 10.4 Å². The molecule has 0 atom stereocenters. The Balaban J connectivity index is 2.70. The smallest absolute Gasteiger partial charge is 0.339 e. The summed E-state index contributed by atoms with van der Waals surface area (Å²) in [4.78, 5) is 14.4. The number of hydrogen-bond donors (Lipinski definition) is 0.